The van der Waals surface area contributed by atoms with E-state index in [1.54, 1.807) is 0 Å². The van der Waals surface area contributed by atoms with Crippen molar-refractivity contribution in [1.29, 1.82) is 0 Å². The molecule has 4 rings (SSSR count). The first-order chi connectivity index (χ1) is 16.2. The van der Waals surface area contributed by atoms with Crippen molar-refractivity contribution in [1.82, 2.24) is 0 Å². The lowest BCUT2D eigenvalue weighted by Gasteiger charge is -2.16. The molecule has 2 heterocycles. The molecule has 0 amide bonds. The first kappa shape index (κ1) is 22.6. The molecule has 2 aromatic carbocycles. The molecule has 0 aliphatic carbocycles. The summed E-state index contributed by atoms with van der Waals surface area (Å²) in [5.74, 6) is -3.40. The second-order valence-corrected chi connectivity index (χ2v) is 7.20. The van der Waals surface area contributed by atoms with Gasteiger partial charge in [0.15, 0.2) is 10.9 Å². The number of carbonyl (C=O) groups is 2. The van der Waals surface area contributed by atoms with Gasteiger partial charge in [0, 0.05) is 12.1 Å². The van der Waals surface area contributed by atoms with Crippen LogP contribution in [0.4, 0.5) is 0 Å². The molecule has 11 heteroatoms. The number of hydrogen-bond donors (Lipinski definition) is 3. The minimum atomic E-state index is -1.37. The van der Waals surface area contributed by atoms with Crippen LogP contribution in [-0.2, 0) is 0 Å². The third kappa shape index (κ3) is 4.45. The molecule has 4 N–H and O–H groups in total. The zero-order valence-electron chi connectivity index (χ0n) is 17.3. The Labute approximate surface area is 189 Å². The molecule has 0 radical (unpaired) electrons. The Morgan fingerprint density at radius 2 is 1.21 bits per heavy atom. The number of aromatic carboxylic acids is 2. The van der Waals surface area contributed by atoms with Gasteiger partial charge in [-0.1, -0.05) is 12.1 Å². The van der Waals surface area contributed by atoms with Gasteiger partial charge in [0.1, 0.15) is 46.7 Å². The van der Waals surface area contributed by atoms with Gasteiger partial charge in [-0.2, -0.15) is 0 Å². The highest BCUT2D eigenvalue weighted by atomic mass is 16.5. The highest BCUT2D eigenvalue weighted by Crippen LogP contribution is 2.25. The van der Waals surface area contributed by atoms with Crippen molar-refractivity contribution in [2.45, 2.75) is 6.04 Å². The molecular weight excluding hydrogens is 450 g/mol. The fourth-order valence-electron chi connectivity index (χ4n) is 3.25. The van der Waals surface area contributed by atoms with E-state index in [1.807, 2.05) is 0 Å². The average Bonchev–Trinajstić information content (AvgIpc) is 2.80. The summed E-state index contributed by atoms with van der Waals surface area (Å²) in [6, 6.07) is 10.0. The number of carboxylic acid groups (broad SMARTS) is 2. The van der Waals surface area contributed by atoms with Crippen molar-refractivity contribution in [3.63, 3.8) is 0 Å². The minimum Gasteiger partial charge on any atom is -0.491 e. The number of nitrogens with two attached hydrogens (primary N) is 1. The first-order valence-corrected chi connectivity index (χ1v) is 9.86. The number of benzene rings is 2. The Bertz CT molecular complexity index is 1420. The Hall–Kier alpha value is -4.64. The molecule has 11 nitrogen and oxygen atoms in total. The van der Waals surface area contributed by atoms with E-state index < -0.39 is 40.4 Å². The maximum atomic E-state index is 12.4. The summed E-state index contributed by atoms with van der Waals surface area (Å²) in [7, 11) is 0. The largest absolute Gasteiger partial charge is 0.491 e. The Morgan fingerprint density at radius 3 is 1.59 bits per heavy atom. The van der Waals surface area contributed by atoms with Crippen LogP contribution in [0.25, 0.3) is 21.9 Å². The van der Waals surface area contributed by atoms with Crippen molar-refractivity contribution in [2.75, 3.05) is 13.2 Å². The molecule has 0 aliphatic heterocycles. The molecule has 0 bridgehead atoms. The van der Waals surface area contributed by atoms with E-state index >= 15 is 0 Å². The van der Waals surface area contributed by atoms with Crippen molar-refractivity contribution < 1.29 is 38.1 Å². The van der Waals surface area contributed by atoms with Gasteiger partial charge in [-0.15, -0.1) is 0 Å². The summed E-state index contributed by atoms with van der Waals surface area (Å²) in [5, 5.41) is 18.2. The molecule has 34 heavy (non-hydrogen) atoms. The highest BCUT2D eigenvalue weighted by Gasteiger charge is 2.17. The summed E-state index contributed by atoms with van der Waals surface area (Å²) in [6.45, 7) is -0.163. The van der Waals surface area contributed by atoms with Crippen molar-refractivity contribution in [3.8, 4) is 11.5 Å². The Balaban J connectivity index is 1.49. The van der Waals surface area contributed by atoms with E-state index in [0.29, 0.717) is 0 Å². The Morgan fingerprint density at radius 1 is 0.794 bits per heavy atom. The van der Waals surface area contributed by atoms with Crippen LogP contribution < -0.4 is 26.1 Å². The summed E-state index contributed by atoms with van der Waals surface area (Å²) in [5.41, 5.74) is 4.99. The van der Waals surface area contributed by atoms with Crippen LogP contribution in [0.2, 0.25) is 0 Å². The van der Waals surface area contributed by atoms with Crippen molar-refractivity contribution in [2.24, 2.45) is 5.73 Å². The second kappa shape index (κ2) is 9.08. The molecule has 0 fully saturated rings. The van der Waals surface area contributed by atoms with Gasteiger partial charge >= 0.3 is 11.9 Å². The molecule has 4 aromatic rings. The van der Waals surface area contributed by atoms with Crippen LogP contribution in [0.15, 0.2) is 67.0 Å². The zero-order chi connectivity index (χ0) is 24.4. The van der Waals surface area contributed by atoms with Gasteiger partial charge in [0.05, 0.1) is 6.04 Å². The minimum absolute atomic E-state index is 0.0513. The molecule has 0 unspecified atom stereocenters. The summed E-state index contributed by atoms with van der Waals surface area (Å²) in [6.07, 6.45) is 0. The highest BCUT2D eigenvalue weighted by molar-refractivity contribution is 5.90. The predicted molar refractivity (Wildman–Crippen MR) is 118 cm³/mol. The molecule has 2 aromatic heterocycles. The van der Waals surface area contributed by atoms with E-state index in [2.05, 4.69) is 0 Å². The third-order valence-corrected chi connectivity index (χ3v) is 4.76. The maximum absolute atomic E-state index is 12.4. The Kier molecular flexibility index (Phi) is 6.02. The molecule has 0 spiro atoms. The monoisotopic (exact) mass is 467 g/mol. The molecular formula is C23H17NO10. The SMILES string of the molecule is NC(COc1cccc2oc(C(=O)O)cc(=O)c12)COc1cccc2oc(C(=O)O)cc(=O)c12. The van der Waals surface area contributed by atoms with Gasteiger partial charge in [-0.05, 0) is 24.3 Å². The van der Waals surface area contributed by atoms with Gasteiger partial charge in [-0.3, -0.25) is 9.59 Å². The molecule has 0 saturated carbocycles. The second-order valence-electron chi connectivity index (χ2n) is 7.20. The lowest BCUT2D eigenvalue weighted by Crippen LogP contribution is -2.34. The molecule has 0 atom stereocenters. The first-order valence-electron chi connectivity index (χ1n) is 9.86. The van der Waals surface area contributed by atoms with Crippen LogP contribution in [0, 0.1) is 0 Å². The van der Waals surface area contributed by atoms with E-state index in [9.17, 15) is 19.2 Å². The topological polar surface area (TPSA) is 180 Å². The summed E-state index contributed by atoms with van der Waals surface area (Å²) < 4.78 is 21.7. The zero-order valence-corrected chi connectivity index (χ0v) is 17.3. The van der Waals surface area contributed by atoms with Crippen molar-refractivity contribution >= 4 is 33.9 Å². The van der Waals surface area contributed by atoms with Crippen LogP contribution in [-0.4, -0.2) is 41.4 Å². The third-order valence-electron chi connectivity index (χ3n) is 4.76. The fraction of sp³-hybridized carbons (Fsp3) is 0.130. The van der Waals surface area contributed by atoms with Crippen LogP contribution in [0.5, 0.6) is 11.5 Å². The van der Waals surface area contributed by atoms with Crippen LogP contribution in [0.1, 0.15) is 21.1 Å². The van der Waals surface area contributed by atoms with Gasteiger partial charge in [0.25, 0.3) is 0 Å². The number of ether oxygens (including phenoxy) is 2. The molecule has 0 saturated heterocycles. The smallest absolute Gasteiger partial charge is 0.371 e. The summed E-state index contributed by atoms with van der Waals surface area (Å²) in [4.78, 5) is 46.9. The van der Waals surface area contributed by atoms with Gasteiger partial charge in [-0.25, -0.2) is 9.59 Å². The molecule has 0 aliphatic rings. The summed E-state index contributed by atoms with van der Waals surface area (Å²) >= 11 is 0. The number of fused-ring (bicyclic) bond motifs is 2. The lowest BCUT2D eigenvalue weighted by atomic mass is 10.2. The van der Waals surface area contributed by atoms with Crippen LogP contribution >= 0.6 is 0 Å². The maximum Gasteiger partial charge on any atom is 0.371 e. The average molecular weight is 467 g/mol. The van der Waals surface area contributed by atoms with E-state index in [4.69, 9.17) is 34.3 Å². The van der Waals surface area contributed by atoms with Crippen LogP contribution in [0.3, 0.4) is 0 Å². The molecule has 174 valence electrons. The number of carboxylic acids is 2. The van der Waals surface area contributed by atoms with E-state index in [1.165, 1.54) is 36.4 Å². The number of rotatable bonds is 8. The lowest BCUT2D eigenvalue weighted by molar-refractivity contribution is 0.0653. The standard InChI is InChI=1S/C23H17NO10/c24-11(9-31-14-3-1-5-16-20(14)12(25)7-18(33-16)22(27)28)10-32-15-4-2-6-17-21(15)13(26)8-19(34-17)23(29)30/h1-8,11H,9-10,24H2,(H,27,28)(H,29,30). The van der Waals surface area contributed by atoms with Gasteiger partial charge in [0.2, 0.25) is 11.5 Å². The fourth-order valence-corrected chi connectivity index (χ4v) is 3.25. The van der Waals surface area contributed by atoms with E-state index in [-0.39, 0.29) is 46.7 Å². The normalized spacial score (nSPS) is 11.1. The predicted octanol–water partition coefficient (Wildman–Crippen LogP) is 2.08. The van der Waals surface area contributed by atoms with E-state index in [0.717, 1.165) is 12.1 Å². The quantitative estimate of drug-likeness (QED) is 0.345. The number of hydrogen-bond acceptors (Lipinski definition) is 9. The van der Waals surface area contributed by atoms with Crippen molar-refractivity contribution in [3.05, 3.63) is 80.5 Å². The van der Waals surface area contributed by atoms with Gasteiger partial charge < -0.3 is 34.3 Å².